The molecule has 1 aromatic heterocycles. The molecule has 1 saturated carbocycles. The Hall–Kier alpha value is -2.79. The minimum atomic E-state index is -0.237. The van der Waals surface area contributed by atoms with E-state index in [1.54, 1.807) is 6.07 Å². The van der Waals surface area contributed by atoms with E-state index in [2.05, 4.69) is 4.90 Å². The van der Waals surface area contributed by atoms with E-state index >= 15 is 0 Å². The van der Waals surface area contributed by atoms with Gasteiger partial charge in [0.05, 0.1) is 17.9 Å². The molecule has 0 amide bonds. The first-order valence-corrected chi connectivity index (χ1v) is 10.2. The van der Waals surface area contributed by atoms with Gasteiger partial charge in [0.2, 0.25) is 0 Å². The number of fused-ring (bicyclic) bond motifs is 1. The topological polar surface area (TPSA) is 38.1 Å². The number of halogens is 1. The summed E-state index contributed by atoms with van der Waals surface area (Å²) in [5, 5.41) is 4.81. The standard InChI is InChI=1S/C24H24FN3O/c1-27-14-20-22(15-27)26-28(24(20)19-7-2-3-8-21(19)25)13-17-5-4-6-18(11-17)23(29)12-16-9-10-16/h2-8,11,16H,9-10,12-15H2,1H3. The largest absolute Gasteiger partial charge is 0.296 e. The minimum Gasteiger partial charge on any atom is -0.296 e. The number of ketones is 1. The van der Waals surface area contributed by atoms with E-state index in [0.717, 1.165) is 41.2 Å². The predicted octanol–water partition coefficient (Wildman–Crippen LogP) is 4.67. The van der Waals surface area contributed by atoms with E-state index in [-0.39, 0.29) is 11.6 Å². The van der Waals surface area contributed by atoms with Crippen molar-refractivity contribution in [1.82, 2.24) is 14.7 Å². The first-order chi connectivity index (χ1) is 14.1. The Morgan fingerprint density at radius 1 is 1.14 bits per heavy atom. The summed E-state index contributed by atoms with van der Waals surface area (Å²) in [5.41, 5.74) is 5.31. The highest BCUT2D eigenvalue weighted by Crippen LogP contribution is 2.35. The fourth-order valence-electron chi connectivity index (χ4n) is 4.21. The lowest BCUT2D eigenvalue weighted by molar-refractivity contribution is 0.0976. The molecule has 2 heterocycles. The molecule has 0 bridgehead atoms. The van der Waals surface area contributed by atoms with Crippen LogP contribution < -0.4 is 0 Å². The third kappa shape index (κ3) is 3.62. The molecule has 29 heavy (non-hydrogen) atoms. The molecule has 0 unspecified atom stereocenters. The van der Waals surface area contributed by atoms with Gasteiger partial charge in [-0.05, 0) is 49.6 Å². The average Bonchev–Trinajstić information content (AvgIpc) is 3.36. The minimum absolute atomic E-state index is 0.216. The van der Waals surface area contributed by atoms with Crippen molar-refractivity contribution in [2.24, 2.45) is 5.92 Å². The molecule has 0 radical (unpaired) electrons. The van der Waals surface area contributed by atoms with Crippen LogP contribution in [0, 0.1) is 11.7 Å². The Labute approximate surface area is 170 Å². The number of benzene rings is 2. The molecular formula is C24H24FN3O. The monoisotopic (exact) mass is 389 g/mol. The molecule has 0 saturated heterocycles. The summed E-state index contributed by atoms with van der Waals surface area (Å²) < 4.78 is 16.5. The van der Waals surface area contributed by atoms with Gasteiger partial charge in [-0.15, -0.1) is 0 Å². The van der Waals surface area contributed by atoms with Crippen LogP contribution in [0.2, 0.25) is 0 Å². The average molecular weight is 389 g/mol. The van der Waals surface area contributed by atoms with Gasteiger partial charge >= 0.3 is 0 Å². The molecule has 2 aliphatic rings. The van der Waals surface area contributed by atoms with Crippen LogP contribution >= 0.6 is 0 Å². The van der Waals surface area contributed by atoms with E-state index in [0.29, 0.717) is 24.4 Å². The lowest BCUT2D eigenvalue weighted by Crippen LogP contribution is -2.13. The van der Waals surface area contributed by atoms with Gasteiger partial charge in [-0.3, -0.25) is 14.4 Å². The third-order valence-electron chi connectivity index (χ3n) is 5.86. The van der Waals surface area contributed by atoms with Crippen molar-refractivity contribution in [3.63, 3.8) is 0 Å². The first kappa shape index (κ1) is 18.3. The maximum absolute atomic E-state index is 14.6. The molecule has 1 fully saturated rings. The Balaban J connectivity index is 1.50. The van der Waals surface area contributed by atoms with Gasteiger partial charge in [0.1, 0.15) is 5.82 Å². The van der Waals surface area contributed by atoms with Crippen LogP contribution in [0.15, 0.2) is 48.5 Å². The quantitative estimate of drug-likeness (QED) is 0.575. The zero-order valence-corrected chi connectivity index (χ0v) is 16.6. The highest BCUT2D eigenvalue weighted by molar-refractivity contribution is 5.96. The third-order valence-corrected chi connectivity index (χ3v) is 5.86. The molecule has 5 heteroatoms. The number of hydrogen-bond acceptors (Lipinski definition) is 3. The number of rotatable bonds is 6. The highest BCUT2D eigenvalue weighted by Gasteiger charge is 2.28. The molecule has 148 valence electrons. The molecule has 0 N–H and O–H groups in total. The Morgan fingerprint density at radius 3 is 2.76 bits per heavy atom. The first-order valence-electron chi connectivity index (χ1n) is 10.2. The number of carbonyl (C=O) groups is 1. The van der Waals surface area contributed by atoms with Crippen molar-refractivity contribution in [1.29, 1.82) is 0 Å². The van der Waals surface area contributed by atoms with Crippen LogP contribution in [-0.2, 0) is 19.6 Å². The normalized spacial score (nSPS) is 16.2. The molecule has 1 aliphatic heterocycles. The van der Waals surface area contributed by atoms with Crippen LogP contribution in [0.4, 0.5) is 4.39 Å². The number of carbonyl (C=O) groups excluding carboxylic acids is 1. The fraction of sp³-hybridized carbons (Fsp3) is 0.333. The van der Waals surface area contributed by atoms with E-state index in [1.807, 2.05) is 48.1 Å². The molecule has 0 spiro atoms. The van der Waals surface area contributed by atoms with Gasteiger partial charge in [0, 0.05) is 36.2 Å². The Kier molecular flexibility index (Phi) is 4.55. The van der Waals surface area contributed by atoms with E-state index in [4.69, 9.17) is 5.10 Å². The number of nitrogens with zero attached hydrogens (tertiary/aromatic N) is 3. The van der Waals surface area contributed by atoms with Gasteiger partial charge in [-0.25, -0.2) is 4.39 Å². The van der Waals surface area contributed by atoms with Crippen LogP contribution in [0.5, 0.6) is 0 Å². The van der Waals surface area contributed by atoms with Gasteiger partial charge in [0.15, 0.2) is 5.78 Å². The smallest absolute Gasteiger partial charge is 0.163 e. The molecule has 4 nitrogen and oxygen atoms in total. The summed E-state index contributed by atoms with van der Waals surface area (Å²) in [7, 11) is 2.05. The maximum Gasteiger partial charge on any atom is 0.163 e. The second kappa shape index (κ2) is 7.23. The molecule has 2 aromatic carbocycles. The van der Waals surface area contributed by atoms with E-state index < -0.39 is 0 Å². The van der Waals surface area contributed by atoms with Crippen LogP contribution in [0.25, 0.3) is 11.3 Å². The SMILES string of the molecule is CN1Cc2nn(Cc3cccc(C(=O)CC4CC4)c3)c(-c3ccccc3F)c2C1. The summed E-state index contributed by atoms with van der Waals surface area (Å²) in [4.78, 5) is 14.7. The fourth-order valence-corrected chi connectivity index (χ4v) is 4.21. The Bertz CT molecular complexity index is 1080. The summed E-state index contributed by atoms with van der Waals surface area (Å²) >= 11 is 0. The Morgan fingerprint density at radius 2 is 1.97 bits per heavy atom. The summed E-state index contributed by atoms with van der Waals surface area (Å²) in [6.07, 6.45) is 2.99. The number of hydrogen-bond donors (Lipinski definition) is 0. The second-order valence-electron chi connectivity index (χ2n) is 8.35. The second-order valence-corrected chi connectivity index (χ2v) is 8.35. The van der Waals surface area contributed by atoms with Gasteiger partial charge in [0.25, 0.3) is 0 Å². The predicted molar refractivity (Wildman–Crippen MR) is 110 cm³/mol. The van der Waals surface area contributed by atoms with Crippen molar-refractivity contribution in [3.8, 4) is 11.3 Å². The van der Waals surface area contributed by atoms with E-state index in [9.17, 15) is 9.18 Å². The van der Waals surface area contributed by atoms with Crippen LogP contribution in [0.1, 0.15) is 46.4 Å². The summed E-state index contributed by atoms with van der Waals surface area (Å²) in [6, 6.07) is 14.7. The summed E-state index contributed by atoms with van der Waals surface area (Å²) in [5.74, 6) is 0.553. The van der Waals surface area contributed by atoms with Crippen LogP contribution in [-0.4, -0.2) is 27.5 Å². The number of aromatic nitrogens is 2. The lowest BCUT2D eigenvalue weighted by Gasteiger charge is -2.13. The number of Topliss-reactive ketones (excluding diaryl/α,β-unsaturated/α-hetero) is 1. The molecule has 3 aromatic rings. The lowest BCUT2D eigenvalue weighted by atomic mass is 10.0. The van der Waals surface area contributed by atoms with Crippen molar-refractivity contribution in [2.45, 2.75) is 38.9 Å². The zero-order valence-electron chi connectivity index (χ0n) is 16.6. The van der Waals surface area contributed by atoms with Crippen molar-refractivity contribution < 1.29 is 9.18 Å². The molecule has 5 rings (SSSR count). The van der Waals surface area contributed by atoms with Crippen LogP contribution in [0.3, 0.4) is 0 Å². The van der Waals surface area contributed by atoms with Gasteiger partial charge in [-0.2, -0.15) is 5.10 Å². The maximum atomic E-state index is 14.6. The summed E-state index contributed by atoms with van der Waals surface area (Å²) in [6.45, 7) is 2.05. The van der Waals surface area contributed by atoms with Crippen molar-refractivity contribution in [3.05, 3.63) is 76.7 Å². The zero-order chi connectivity index (χ0) is 20.0. The van der Waals surface area contributed by atoms with Gasteiger partial charge < -0.3 is 0 Å². The highest BCUT2D eigenvalue weighted by atomic mass is 19.1. The van der Waals surface area contributed by atoms with Gasteiger partial charge in [-0.1, -0.05) is 30.3 Å². The van der Waals surface area contributed by atoms with Crippen molar-refractivity contribution >= 4 is 5.78 Å². The molecule has 0 atom stereocenters. The molecule has 1 aliphatic carbocycles. The van der Waals surface area contributed by atoms with Crippen molar-refractivity contribution in [2.75, 3.05) is 7.05 Å². The molecular weight excluding hydrogens is 365 g/mol. The van der Waals surface area contributed by atoms with E-state index in [1.165, 1.54) is 18.9 Å².